The molecule has 1 amide bonds. The van der Waals surface area contributed by atoms with Crippen molar-refractivity contribution in [3.8, 4) is 0 Å². The van der Waals surface area contributed by atoms with Crippen LogP contribution in [0.4, 0.5) is 0 Å². The zero-order chi connectivity index (χ0) is 19.1. The van der Waals surface area contributed by atoms with Gasteiger partial charge in [0, 0.05) is 26.2 Å². The number of piperazine rings is 1. The summed E-state index contributed by atoms with van der Waals surface area (Å²) in [6.07, 6.45) is 1.61. The summed E-state index contributed by atoms with van der Waals surface area (Å²) in [6, 6.07) is 11.7. The van der Waals surface area contributed by atoms with Crippen LogP contribution in [0.25, 0.3) is 0 Å². The number of hydrogen-bond donors (Lipinski definition) is 0. The van der Waals surface area contributed by atoms with Gasteiger partial charge in [-0.05, 0) is 67.0 Å². The van der Waals surface area contributed by atoms with E-state index in [1.807, 2.05) is 0 Å². The highest BCUT2D eigenvalue weighted by atomic mass is 16.1. The Balaban J connectivity index is 1.79. The first-order valence-electron chi connectivity index (χ1n) is 10.1. The molecule has 0 saturated carbocycles. The van der Waals surface area contributed by atoms with Crippen LogP contribution in [0.1, 0.15) is 46.4 Å². The predicted molar refractivity (Wildman–Crippen MR) is 106 cm³/mol. The fourth-order valence-electron chi connectivity index (χ4n) is 4.59. The van der Waals surface area contributed by atoms with Crippen LogP contribution in [0.5, 0.6) is 0 Å². The molecule has 1 heterocycles. The normalized spacial score (nSPS) is 20.8. The van der Waals surface area contributed by atoms with Gasteiger partial charge in [-0.2, -0.15) is 0 Å². The third kappa shape index (κ3) is 2.95. The minimum atomic E-state index is -0.557. The van der Waals surface area contributed by atoms with Gasteiger partial charge in [0.25, 0.3) is 0 Å². The fourth-order valence-corrected chi connectivity index (χ4v) is 4.59. The molecule has 2 aromatic rings. The van der Waals surface area contributed by atoms with E-state index in [-0.39, 0.29) is 6.04 Å². The zero-order valence-corrected chi connectivity index (χ0v) is 16.0. The number of amides is 1. The van der Waals surface area contributed by atoms with Crippen LogP contribution >= 0.6 is 0 Å². The molecule has 26 heavy (non-hydrogen) atoms. The smallest absolute Gasteiger partial charge is 0.209 e. The van der Waals surface area contributed by atoms with Gasteiger partial charge in [-0.1, -0.05) is 35.9 Å². The molecule has 1 saturated heterocycles. The lowest BCUT2D eigenvalue weighted by molar-refractivity contribution is -0.119. The molecule has 0 aromatic heterocycles. The second kappa shape index (κ2) is 6.88. The third-order valence-electron chi connectivity index (χ3n) is 6.25. The second-order valence-corrected chi connectivity index (χ2v) is 7.79. The Hall–Kier alpha value is -2.13. The number of carbonyl (C=O) groups is 1. The first-order valence-corrected chi connectivity index (χ1v) is 9.63. The topological polar surface area (TPSA) is 23.6 Å². The SMILES string of the molecule is [3H]C(=O)N1CCN(C2c3ccc(C)cc3CCc3c2ccc(C)c3C)CC1. The Morgan fingerprint density at radius 2 is 1.73 bits per heavy atom. The average Bonchev–Trinajstić information content (AvgIpc) is 2.81. The number of carbonyl (C=O) groups excluding carboxylic acids is 1. The van der Waals surface area contributed by atoms with Gasteiger partial charge >= 0.3 is 0 Å². The summed E-state index contributed by atoms with van der Waals surface area (Å²) in [7, 11) is 0. The number of aryl methyl sites for hydroxylation is 3. The molecule has 1 aliphatic heterocycles. The first-order chi connectivity index (χ1) is 13.0. The first kappa shape index (κ1) is 16.1. The summed E-state index contributed by atoms with van der Waals surface area (Å²) in [6.45, 7) is 9.53. The molecular weight excluding hydrogens is 320 g/mol. The lowest BCUT2D eigenvalue weighted by atomic mass is 9.89. The molecule has 1 unspecified atom stereocenters. The molecule has 3 heteroatoms. The molecule has 0 spiro atoms. The van der Waals surface area contributed by atoms with Crippen molar-refractivity contribution in [3.63, 3.8) is 0 Å². The maximum absolute atomic E-state index is 11.4. The molecule has 1 fully saturated rings. The number of hydrogen-bond acceptors (Lipinski definition) is 2. The summed E-state index contributed by atoms with van der Waals surface area (Å²) in [4.78, 5) is 15.6. The summed E-state index contributed by atoms with van der Waals surface area (Å²) in [5.41, 5.74) is 9.87. The summed E-state index contributed by atoms with van der Waals surface area (Å²) < 4.78 is 7.40. The van der Waals surface area contributed by atoms with Gasteiger partial charge in [0.05, 0.1) is 6.04 Å². The molecule has 2 aromatic carbocycles. The van der Waals surface area contributed by atoms with Gasteiger partial charge in [0.2, 0.25) is 6.39 Å². The van der Waals surface area contributed by atoms with E-state index >= 15 is 0 Å². The van der Waals surface area contributed by atoms with E-state index in [0.717, 1.165) is 25.9 Å². The van der Waals surface area contributed by atoms with Gasteiger partial charge in [-0.25, -0.2) is 0 Å². The summed E-state index contributed by atoms with van der Waals surface area (Å²) >= 11 is 0. The van der Waals surface area contributed by atoms with E-state index in [4.69, 9.17) is 1.37 Å². The van der Waals surface area contributed by atoms with Crippen molar-refractivity contribution in [2.75, 3.05) is 26.2 Å². The van der Waals surface area contributed by atoms with Crippen molar-refractivity contribution in [1.82, 2.24) is 9.80 Å². The van der Waals surface area contributed by atoms with Crippen LogP contribution in [0.15, 0.2) is 30.3 Å². The highest BCUT2D eigenvalue weighted by molar-refractivity contribution is 5.50. The van der Waals surface area contributed by atoms with Crippen molar-refractivity contribution < 1.29 is 6.17 Å². The lowest BCUT2D eigenvalue weighted by Gasteiger charge is -2.39. The van der Waals surface area contributed by atoms with Crippen molar-refractivity contribution in [2.24, 2.45) is 0 Å². The average molecular weight is 350 g/mol. The molecule has 0 radical (unpaired) electrons. The van der Waals surface area contributed by atoms with Crippen LogP contribution in [-0.4, -0.2) is 42.4 Å². The van der Waals surface area contributed by atoms with Crippen molar-refractivity contribution in [3.05, 3.63) is 69.3 Å². The molecule has 3 nitrogen and oxygen atoms in total. The van der Waals surface area contributed by atoms with E-state index in [9.17, 15) is 4.79 Å². The van der Waals surface area contributed by atoms with Gasteiger partial charge in [-0.3, -0.25) is 9.69 Å². The monoisotopic (exact) mass is 350 g/mol. The summed E-state index contributed by atoms with van der Waals surface area (Å²) in [5, 5.41) is 0. The Morgan fingerprint density at radius 3 is 2.46 bits per heavy atom. The van der Waals surface area contributed by atoms with Gasteiger partial charge < -0.3 is 4.90 Å². The maximum Gasteiger partial charge on any atom is 0.209 e. The lowest BCUT2D eigenvalue weighted by Crippen LogP contribution is -2.47. The Kier molecular flexibility index (Phi) is 4.25. The van der Waals surface area contributed by atoms with Crippen molar-refractivity contribution in [1.29, 1.82) is 0 Å². The van der Waals surface area contributed by atoms with Gasteiger partial charge in [-0.15, -0.1) is 0 Å². The van der Waals surface area contributed by atoms with Crippen LogP contribution in [0.2, 0.25) is 0 Å². The Labute approximate surface area is 158 Å². The second-order valence-electron chi connectivity index (χ2n) is 7.79. The van der Waals surface area contributed by atoms with E-state index in [2.05, 4.69) is 56.0 Å². The number of fused-ring (bicyclic) bond motifs is 2. The minimum Gasteiger partial charge on any atom is -0.343 e. The van der Waals surface area contributed by atoms with Crippen LogP contribution in [0.3, 0.4) is 0 Å². The van der Waals surface area contributed by atoms with Crippen molar-refractivity contribution >= 4 is 6.39 Å². The molecule has 2 aliphatic rings. The van der Waals surface area contributed by atoms with Gasteiger partial charge in [0.15, 0.2) is 0 Å². The fraction of sp³-hybridized carbons (Fsp3) is 0.435. The highest BCUT2D eigenvalue weighted by Gasteiger charge is 2.31. The minimum absolute atomic E-state index is 0.236. The molecule has 4 rings (SSSR count). The quantitative estimate of drug-likeness (QED) is 0.734. The standard InChI is InChI=1S/C23H28N2O/c1-16-4-7-21-19(14-16)6-9-20-18(3)17(2)5-8-22(20)23(21)25-12-10-24(15-26)11-13-25/h4-5,7-8,14-15,23H,6,9-13H2,1-3H3/i15T. The molecule has 136 valence electrons. The maximum atomic E-state index is 11.4. The largest absolute Gasteiger partial charge is 0.343 e. The van der Waals surface area contributed by atoms with E-state index < -0.39 is 6.39 Å². The Morgan fingerprint density at radius 1 is 1.00 bits per heavy atom. The molecule has 1 atom stereocenters. The summed E-state index contributed by atoms with van der Waals surface area (Å²) in [5.74, 6) is 0. The van der Waals surface area contributed by atoms with Crippen LogP contribution in [-0.2, 0) is 17.6 Å². The van der Waals surface area contributed by atoms with Crippen LogP contribution in [0, 0.1) is 20.8 Å². The number of nitrogens with zero attached hydrogens (tertiary/aromatic N) is 2. The molecular formula is C23H28N2O. The molecule has 1 aliphatic carbocycles. The number of rotatable bonds is 1. The van der Waals surface area contributed by atoms with E-state index in [1.54, 1.807) is 4.90 Å². The predicted octanol–water partition coefficient (Wildman–Crippen LogP) is 3.57. The highest BCUT2D eigenvalue weighted by Crippen LogP contribution is 2.39. The zero-order valence-electron chi connectivity index (χ0n) is 17.0. The third-order valence-corrected chi connectivity index (χ3v) is 6.25. The van der Waals surface area contributed by atoms with E-state index in [1.165, 1.54) is 38.9 Å². The number of benzene rings is 2. The molecule has 0 N–H and O–H groups in total. The van der Waals surface area contributed by atoms with Crippen LogP contribution < -0.4 is 0 Å². The van der Waals surface area contributed by atoms with Gasteiger partial charge in [0.1, 0.15) is 1.37 Å². The Bertz CT molecular complexity index is 884. The molecule has 0 bridgehead atoms. The van der Waals surface area contributed by atoms with Crippen molar-refractivity contribution in [2.45, 2.75) is 39.7 Å². The van der Waals surface area contributed by atoms with E-state index in [0.29, 0.717) is 13.1 Å².